The van der Waals surface area contributed by atoms with Crippen molar-refractivity contribution < 1.29 is 19.1 Å². The van der Waals surface area contributed by atoms with E-state index in [-0.39, 0.29) is 25.0 Å². The maximum absolute atomic E-state index is 13.6. The highest BCUT2D eigenvalue weighted by atomic mass is 33.1. The molecule has 3 saturated heterocycles. The van der Waals surface area contributed by atoms with Crippen LogP contribution in [0.2, 0.25) is 0 Å². The smallest absolute Gasteiger partial charge is 0.261 e. The molecule has 0 aromatic heterocycles. The Kier molecular flexibility index (Phi) is 3.45. The lowest BCUT2D eigenvalue weighted by Crippen LogP contribution is -2.60. The molecule has 1 spiro atoms. The van der Waals surface area contributed by atoms with E-state index >= 15 is 0 Å². The fourth-order valence-corrected chi connectivity index (χ4v) is 11.8. The molecule has 7 nitrogen and oxygen atoms in total. The number of nitriles is 1. The molecule has 1 aromatic carbocycles. The lowest BCUT2D eigenvalue weighted by atomic mass is 9.79. The van der Waals surface area contributed by atoms with Crippen LogP contribution in [0.5, 0.6) is 11.5 Å². The van der Waals surface area contributed by atoms with Crippen LogP contribution in [0.25, 0.3) is 0 Å². The van der Waals surface area contributed by atoms with Crippen molar-refractivity contribution in [2.45, 2.75) is 36.1 Å². The Morgan fingerprint density at radius 2 is 2.00 bits per heavy atom. The van der Waals surface area contributed by atoms with Crippen molar-refractivity contribution in [3.05, 3.63) is 23.8 Å². The summed E-state index contributed by atoms with van der Waals surface area (Å²) in [7, 11) is 2.05. The van der Waals surface area contributed by atoms with Crippen LogP contribution in [0.15, 0.2) is 18.2 Å². The second-order valence-corrected chi connectivity index (χ2v) is 12.6. The molecule has 5 atom stereocenters. The van der Waals surface area contributed by atoms with Crippen LogP contribution >= 0.6 is 0 Å². The Morgan fingerprint density at radius 1 is 1.29 bits per heavy atom. The summed E-state index contributed by atoms with van der Waals surface area (Å²) >= 11 is 5.34. The molecule has 146 valence electrons. The van der Waals surface area contributed by atoms with Crippen molar-refractivity contribution in [2.75, 3.05) is 13.8 Å². The minimum atomic E-state index is -1.07. The summed E-state index contributed by atoms with van der Waals surface area (Å²) in [6.07, 6.45) is 0.271. The number of benzene rings is 1. The number of amides is 2. The first-order chi connectivity index (χ1) is 13.3. The van der Waals surface area contributed by atoms with Crippen LogP contribution in [0.1, 0.15) is 31.9 Å². The Bertz CT molecular complexity index is 1080. The summed E-state index contributed by atoms with van der Waals surface area (Å²) in [5.41, 5.74) is -0.162. The van der Waals surface area contributed by atoms with E-state index in [0.717, 1.165) is 14.4 Å². The van der Waals surface area contributed by atoms with Gasteiger partial charge in [-0.05, 0) is 61.1 Å². The third kappa shape index (κ3) is 1.72. The number of ether oxygens (including phenoxy) is 2. The monoisotopic (exact) mass is 435 g/mol. The Balaban J connectivity index is 1.76. The van der Waals surface area contributed by atoms with E-state index < -0.39 is 30.7 Å². The quantitative estimate of drug-likeness (QED) is 0.659. The highest BCUT2D eigenvalue weighted by molar-refractivity contribution is 8.49. The summed E-state index contributed by atoms with van der Waals surface area (Å²) in [5, 5.41) is 10.1. The maximum Gasteiger partial charge on any atom is 0.261 e. The minimum Gasteiger partial charge on any atom is -0.454 e. The van der Waals surface area contributed by atoms with E-state index in [4.69, 9.17) is 20.7 Å². The van der Waals surface area contributed by atoms with E-state index in [9.17, 15) is 14.9 Å². The van der Waals surface area contributed by atoms with Crippen LogP contribution in [-0.4, -0.2) is 45.2 Å². The van der Waals surface area contributed by atoms with Crippen LogP contribution < -0.4 is 9.47 Å². The van der Waals surface area contributed by atoms with E-state index in [1.54, 1.807) is 24.9 Å². The van der Waals surface area contributed by atoms with Crippen LogP contribution in [-0.2, 0) is 39.1 Å². The molecule has 0 aliphatic carbocycles. The molecule has 4 aliphatic rings. The molecule has 0 saturated carbocycles. The highest BCUT2D eigenvalue weighted by Crippen LogP contribution is 2.65. The molecule has 28 heavy (non-hydrogen) atoms. The van der Waals surface area contributed by atoms with E-state index in [1.807, 2.05) is 19.1 Å². The number of nitrogens with zero attached hydrogens (tertiary/aromatic N) is 3. The van der Waals surface area contributed by atoms with Gasteiger partial charge in [0.05, 0.1) is 17.5 Å². The minimum absolute atomic E-state index is 0.125. The molecular formula is C18H17N3O4S3. The maximum atomic E-state index is 13.6. The molecule has 10 heteroatoms. The molecule has 5 rings (SSSR count). The lowest BCUT2D eigenvalue weighted by Gasteiger charge is -2.39. The van der Waals surface area contributed by atoms with Crippen molar-refractivity contribution in [1.29, 1.82) is 5.26 Å². The first-order valence-electron chi connectivity index (χ1n) is 8.73. The predicted molar refractivity (Wildman–Crippen MR) is 106 cm³/mol. The van der Waals surface area contributed by atoms with Gasteiger partial charge in [-0.1, -0.05) is 6.07 Å². The summed E-state index contributed by atoms with van der Waals surface area (Å²) in [4.78, 5) is 28.2. The second-order valence-electron chi connectivity index (χ2n) is 7.86. The van der Waals surface area contributed by atoms with Gasteiger partial charge >= 0.3 is 0 Å². The fourth-order valence-electron chi connectivity index (χ4n) is 5.05. The predicted octanol–water partition coefficient (Wildman–Crippen LogP) is 1.19. The van der Waals surface area contributed by atoms with Crippen LogP contribution in [0, 0.1) is 16.7 Å². The number of carbonyl (C=O) groups excluding carboxylic acids is 2. The van der Waals surface area contributed by atoms with Crippen LogP contribution in [0.4, 0.5) is 0 Å². The Morgan fingerprint density at radius 3 is 2.68 bits per heavy atom. The number of hydrogen-bond acceptors (Lipinski definition) is 6. The molecule has 4 aliphatic heterocycles. The number of carbonyl (C=O) groups is 2. The number of likely N-dealkylation sites (N-methyl/N-ethyl adjacent to an activating group) is 1. The first-order valence-corrected chi connectivity index (χ1v) is 12.2. The summed E-state index contributed by atoms with van der Waals surface area (Å²) in [5.74, 6) is 0.951. The average Bonchev–Trinajstić information content (AvgIpc) is 3.34. The number of rotatable bonds is 1. The van der Waals surface area contributed by atoms with E-state index in [0.29, 0.717) is 11.5 Å². The van der Waals surface area contributed by atoms with Gasteiger partial charge < -0.3 is 19.3 Å². The highest BCUT2D eigenvalue weighted by Gasteiger charge is 2.80. The zero-order valence-corrected chi connectivity index (χ0v) is 17.9. The molecule has 1 aromatic rings. The van der Waals surface area contributed by atoms with Crippen LogP contribution in [0.3, 0.4) is 0 Å². The number of hydrogen-bond donors (Lipinski definition) is 0. The molecule has 0 radical (unpaired) electrons. The van der Waals surface area contributed by atoms with Crippen molar-refractivity contribution in [1.82, 2.24) is 9.80 Å². The van der Waals surface area contributed by atoms with Gasteiger partial charge in [0.15, 0.2) is 21.2 Å². The molecule has 2 bridgehead atoms. The van der Waals surface area contributed by atoms with Gasteiger partial charge in [0.2, 0.25) is 6.79 Å². The van der Waals surface area contributed by atoms with Gasteiger partial charge in [0.25, 0.3) is 11.8 Å². The summed E-state index contributed by atoms with van der Waals surface area (Å²) in [6.45, 7) is 3.76. The molecule has 3 fully saturated rings. The van der Waals surface area contributed by atoms with E-state index in [1.165, 1.54) is 4.90 Å². The third-order valence-electron chi connectivity index (χ3n) is 6.46. The SMILES string of the molecule is CN1C(=O)C23C[C@@](C)(C#N)[C@@H](c4ccc5c(c4)OCO5)N2C(=O)[C@]1(C)[S@]3=S=S. The zero-order chi connectivity index (χ0) is 20.1. The number of fused-ring (bicyclic) bond motifs is 2. The third-order valence-corrected chi connectivity index (χ3v) is 12.3. The van der Waals surface area contributed by atoms with Crippen molar-refractivity contribution in [3.63, 3.8) is 0 Å². The van der Waals surface area contributed by atoms with Crippen molar-refractivity contribution >= 4 is 41.3 Å². The van der Waals surface area contributed by atoms with Crippen molar-refractivity contribution in [2.24, 2.45) is 5.41 Å². The second kappa shape index (κ2) is 5.34. The molecule has 2 amide bonds. The van der Waals surface area contributed by atoms with E-state index in [2.05, 4.69) is 6.07 Å². The van der Waals surface area contributed by atoms with Gasteiger partial charge in [0, 0.05) is 13.5 Å². The van der Waals surface area contributed by atoms with Gasteiger partial charge in [-0.2, -0.15) is 5.26 Å². The lowest BCUT2D eigenvalue weighted by molar-refractivity contribution is -0.159. The fraction of sp³-hybridized carbons (Fsp3) is 0.500. The van der Waals surface area contributed by atoms with Gasteiger partial charge in [0.1, 0.15) is 0 Å². The summed E-state index contributed by atoms with van der Waals surface area (Å²) < 4.78 is 10.9. The topological polar surface area (TPSA) is 82.9 Å². The van der Waals surface area contributed by atoms with Gasteiger partial charge in [-0.15, -0.1) is 0 Å². The average molecular weight is 436 g/mol. The first kappa shape index (κ1) is 18.1. The van der Waals surface area contributed by atoms with Gasteiger partial charge in [-0.25, -0.2) is 0 Å². The molecule has 4 heterocycles. The largest absolute Gasteiger partial charge is 0.454 e. The Labute approximate surface area is 172 Å². The normalized spacial score (nSPS) is 40.1. The Hall–Kier alpha value is -1.96. The van der Waals surface area contributed by atoms with Crippen molar-refractivity contribution in [3.8, 4) is 17.6 Å². The molecule has 0 N–H and O–H groups in total. The molecule has 1 unspecified atom stereocenters. The standard InChI is InChI=1S/C18H17N3O4S3/c1-16(8-19)7-18-15(23)20(3)17(2,28(18)27-26)14(22)21(18)13(16)10-4-5-11-12(6-10)25-9-24-11/h4-6,13H,7,9H2,1-3H3/t13-,16+,17+,18?,28-/m1/s1. The zero-order valence-electron chi connectivity index (χ0n) is 15.4. The van der Waals surface area contributed by atoms with Gasteiger partial charge in [-0.3, -0.25) is 9.59 Å². The summed E-state index contributed by atoms with van der Waals surface area (Å²) in [6, 6.07) is 7.29. The molecular weight excluding hydrogens is 418 g/mol. The number of piperazine rings is 1.